The highest BCUT2D eigenvalue weighted by atomic mass is 35.5. The molecule has 0 aromatic heterocycles. The van der Waals surface area contributed by atoms with Crippen LogP contribution in [0.25, 0.3) is 6.08 Å². The van der Waals surface area contributed by atoms with E-state index in [2.05, 4.69) is 4.99 Å². The maximum absolute atomic E-state index is 12.2. The molecule has 0 radical (unpaired) electrons. The van der Waals surface area contributed by atoms with Crippen LogP contribution in [-0.2, 0) is 9.53 Å². The van der Waals surface area contributed by atoms with E-state index in [0.29, 0.717) is 23.7 Å². The van der Waals surface area contributed by atoms with E-state index in [9.17, 15) is 14.9 Å². The minimum atomic E-state index is -0.653. The zero-order chi connectivity index (χ0) is 21.0. The van der Waals surface area contributed by atoms with Crippen LogP contribution in [0.1, 0.15) is 24.5 Å². The van der Waals surface area contributed by atoms with Gasteiger partial charge in [0.15, 0.2) is 17.2 Å². The normalized spacial score (nSPS) is 14.5. The molecule has 0 aliphatic carbocycles. The number of halogens is 1. The summed E-state index contributed by atoms with van der Waals surface area (Å²) >= 11 is 6.08. The number of cyclic esters (lactones) is 1. The summed E-state index contributed by atoms with van der Waals surface area (Å²) in [6.07, 6.45) is 2.41. The molecule has 8 nitrogen and oxygen atoms in total. The Hall–Kier alpha value is -3.39. The second kappa shape index (κ2) is 8.74. The molecule has 1 heterocycles. The first kappa shape index (κ1) is 20.3. The SMILES string of the molecule is CCCOc1ccc(/C=C2\N=C(c3ccc([N+](=O)[O-])cc3Cl)OC2=O)cc1OC. The third-order valence-electron chi connectivity index (χ3n) is 3.97. The zero-order valence-electron chi connectivity index (χ0n) is 15.7. The monoisotopic (exact) mass is 416 g/mol. The number of carbonyl (C=O) groups is 1. The lowest BCUT2D eigenvalue weighted by molar-refractivity contribution is -0.384. The number of methoxy groups -OCH3 is 1. The van der Waals surface area contributed by atoms with Crippen LogP contribution in [-0.4, -0.2) is 30.5 Å². The number of non-ortho nitro benzene ring substituents is 1. The molecule has 2 aromatic rings. The molecule has 2 aromatic carbocycles. The molecule has 0 saturated carbocycles. The van der Waals surface area contributed by atoms with Gasteiger partial charge in [0.2, 0.25) is 5.90 Å². The van der Waals surface area contributed by atoms with Gasteiger partial charge in [-0.15, -0.1) is 0 Å². The smallest absolute Gasteiger partial charge is 0.363 e. The molecular weight excluding hydrogens is 400 g/mol. The lowest BCUT2D eigenvalue weighted by Gasteiger charge is -2.10. The number of carbonyl (C=O) groups excluding carboxylic acids is 1. The van der Waals surface area contributed by atoms with Gasteiger partial charge in [0, 0.05) is 12.1 Å². The van der Waals surface area contributed by atoms with Crippen molar-refractivity contribution in [1.82, 2.24) is 0 Å². The Morgan fingerprint density at radius 3 is 2.69 bits per heavy atom. The van der Waals surface area contributed by atoms with Gasteiger partial charge in [-0.1, -0.05) is 24.6 Å². The van der Waals surface area contributed by atoms with E-state index >= 15 is 0 Å². The van der Waals surface area contributed by atoms with Crippen molar-refractivity contribution in [2.75, 3.05) is 13.7 Å². The number of hydrogen-bond donors (Lipinski definition) is 0. The molecule has 1 aliphatic rings. The summed E-state index contributed by atoms with van der Waals surface area (Å²) in [7, 11) is 1.53. The van der Waals surface area contributed by atoms with Gasteiger partial charge in [-0.25, -0.2) is 9.79 Å². The van der Waals surface area contributed by atoms with E-state index in [1.165, 1.54) is 25.3 Å². The highest BCUT2D eigenvalue weighted by molar-refractivity contribution is 6.34. The van der Waals surface area contributed by atoms with Crippen molar-refractivity contribution in [1.29, 1.82) is 0 Å². The fourth-order valence-electron chi connectivity index (χ4n) is 2.58. The standard InChI is InChI=1S/C20H17ClN2O6/c1-3-8-28-17-7-4-12(10-18(17)27-2)9-16-20(24)29-19(22-16)14-6-5-13(23(25)26)11-15(14)21/h4-7,9-11H,3,8H2,1-2H3/b16-9-. The molecule has 0 atom stereocenters. The van der Waals surface area contributed by atoms with E-state index < -0.39 is 10.9 Å². The average Bonchev–Trinajstić information content (AvgIpc) is 3.06. The van der Waals surface area contributed by atoms with Crippen molar-refractivity contribution < 1.29 is 23.9 Å². The largest absolute Gasteiger partial charge is 0.493 e. The summed E-state index contributed by atoms with van der Waals surface area (Å²) < 4.78 is 16.1. The predicted molar refractivity (Wildman–Crippen MR) is 107 cm³/mol. The zero-order valence-corrected chi connectivity index (χ0v) is 16.4. The molecule has 0 spiro atoms. The summed E-state index contributed by atoms with van der Waals surface area (Å²) in [5.41, 5.74) is 0.850. The molecule has 0 unspecified atom stereocenters. The Labute approximate surface area is 171 Å². The topological polar surface area (TPSA) is 100 Å². The van der Waals surface area contributed by atoms with Crippen molar-refractivity contribution in [3.63, 3.8) is 0 Å². The Kier molecular flexibility index (Phi) is 6.13. The quantitative estimate of drug-likeness (QED) is 0.287. The van der Waals surface area contributed by atoms with E-state index in [-0.39, 0.29) is 27.9 Å². The second-order valence-corrected chi connectivity index (χ2v) is 6.42. The minimum absolute atomic E-state index is 0.0176. The molecule has 0 bridgehead atoms. The number of benzene rings is 2. The lowest BCUT2D eigenvalue weighted by Crippen LogP contribution is -2.06. The maximum atomic E-state index is 12.2. The summed E-state index contributed by atoms with van der Waals surface area (Å²) in [5, 5.41) is 10.9. The molecule has 3 rings (SSSR count). The van der Waals surface area contributed by atoms with Crippen molar-refractivity contribution in [3.05, 3.63) is 68.4 Å². The van der Waals surface area contributed by atoms with Crippen molar-refractivity contribution in [2.24, 2.45) is 4.99 Å². The number of nitro benzene ring substituents is 1. The van der Waals surface area contributed by atoms with Gasteiger partial charge in [0.1, 0.15) is 0 Å². The number of hydrogen-bond acceptors (Lipinski definition) is 7. The fraction of sp³-hybridized carbons (Fsp3) is 0.200. The van der Waals surface area contributed by atoms with Gasteiger partial charge in [-0.2, -0.15) is 0 Å². The molecule has 0 saturated heterocycles. The summed E-state index contributed by atoms with van der Waals surface area (Å²) in [4.78, 5) is 26.6. The van der Waals surface area contributed by atoms with Crippen LogP contribution in [0.4, 0.5) is 5.69 Å². The second-order valence-electron chi connectivity index (χ2n) is 6.02. The van der Waals surface area contributed by atoms with Gasteiger partial charge in [0.05, 0.1) is 29.2 Å². The fourth-order valence-corrected chi connectivity index (χ4v) is 2.83. The van der Waals surface area contributed by atoms with E-state index in [4.69, 9.17) is 25.8 Å². The van der Waals surface area contributed by atoms with E-state index in [0.717, 1.165) is 6.42 Å². The highest BCUT2D eigenvalue weighted by Crippen LogP contribution is 2.31. The Balaban J connectivity index is 1.90. The van der Waals surface area contributed by atoms with Crippen LogP contribution in [0.5, 0.6) is 11.5 Å². The van der Waals surface area contributed by atoms with Gasteiger partial charge in [0.25, 0.3) is 5.69 Å². The van der Waals surface area contributed by atoms with Crippen LogP contribution in [0.15, 0.2) is 47.1 Å². The minimum Gasteiger partial charge on any atom is -0.493 e. The number of nitrogens with zero attached hydrogens (tertiary/aromatic N) is 2. The molecular formula is C20H17ClN2O6. The number of aliphatic imine (C=N–C) groups is 1. The van der Waals surface area contributed by atoms with Crippen molar-refractivity contribution >= 4 is 35.2 Å². The average molecular weight is 417 g/mol. The van der Waals surface area contributed by atoms with Gasteiger partial charge < -0.3 is 14.2 Å². The molecule has 0 amide bonds. The van der Waals surface area contributed by atoms with Crippen LogP contribution in [0, 0.1) is 10.1 Å². The van der Waals surface area contributed by atoms with Crippen molar-refractivity contribution in [3.8, 4) is 11.5 Å². The molecule has 150 valence electrons. The summed E-state index contributed by atoms with van der Waals surface area (Å²) in [5.74, 6) is 0.463. The van der Waals surface area contributed by atoms with E-state index in [1.54, 1.807) is 24.3 Å². The Morgan fingerprint density at radius 2 is 2.03 bits per heavy atom. The molecule has 29 heavy (non-hydrogen) atoms. The molecule has 1 aliphatic heterocycles. The predicted octanol–water partition coefficient (Wildman–Crippen LogP) is 4.39. The van der Waals surface area contributed by atoms with Crippen molar-refractivity contribution in [2.45, 2.75) is 13.3 Å². The van der Waals surface area contributed by atoms with Gasteiger partial charge >= 0.3 is 5.97 Å². The molecule has 0 fully saturated rings. The maximum Gasteiger partial charge on any atom is 0.363 e. The summed E-state index contributed by atoms with van der Waals surface area (Å²) in [6, 6.07) is 9.06. The molecule has 0 N–H and O–H groups in total. The van der Waals surface area contributed by atoms with Crippen LogP contribution in [0.3, 0.4) is 0 Å². The Morgan fingerprint density at radius 1 is 1.24 bits per heavy atom. The highest BCUT2D eigenvalue weighted by Gasteiger charge is 2.26. The first-order valence-electron chi connectivity index (χ1n) is 8.70. The van der Waals surface area contributed by atoms with Gasteiger partial charge in [-0.05, 0) is 36.3 Å². The number of rotatable bonds is 7. The van der Waals surface area contributed by atoms with Crippen LogP contribution >= 0.6 is 11.6 Å². The number of esters is 1. The van der Waals surface area contributed by atoms with Crippen LogP contribution < -0.4 is 9.47 Å². The first-order valence-corrected chi connectivity index (χ1v) is 9.08. The van der Waals surface area contributed by atoms with Gasteiger partial charge in [-0.3, -0.25) is 10.1 Å². The summed E-state index contributed by atoms with van der Waals surface area (Å²) in [6.45, 7) is 2.57. The first-order chi connectivity index (χ1) is 13.9. The van der Waals surface area contributed by atoms with E-state index in [1.807, 2.05) is 6.92 Å². The number of nitro groups is 1. The van der Waals surface area contributed by atoms with Crippen LogP contribution in [0.2, 0.25) is 5.02 Å². The Bertz CT molecular complexity index is 1030. The lowest BCUT2D eigenvalue weighted by atomic mass is 10.1. The number of ether oxygens (including phenoxy) is 3. The third kappa shape index (κ3) is 4.55. The third-order valence-corrected chi connectivity index (χ3v) is 4.28. The molecule has 9 heteroatoms.